The van der Waals surface area contributed by atoms with E-state index < -0.39 is 0 Å². The Kier molecular flexibility index (Phi) is 5.34. The highest BCUT2D eigenvalue weighted by atomic mass is 32.1. The number of hydrogen-bond acceptors (Lipinski definition) is 4. The van der Waals surface area contributed by atoms with Crippen molar-refractivity contribution in [1.82, 2.24) is 19.8 Å². The molecule has 0 fully saturated rings. The molecule has 0 unspecified atom stereocenters. The number of rotatable bonds is 7. The summed E-state index contributed by atoms with van der Waals surface area (Å²) in [5.41, 5.74) is 0. The lowest BCUT2D eigenvalue weighted by Gasteiger charge is -2.15. The molecule has 20 heavy (non-hydrogen) atoms. The zero-order valence-corrected chi connectivity index (χ0v) is 13.6. The van der Waals surface area contributed by atoms with Gasteiger partial charge in [0.25, 0.3) is 0 Å². The zero-order valence-electron chi connectivity index (χ0n) is 12.8. The van der Waals surface area contributed by atoms with Gasteiger partial charge in [-0.25, -0.2) is 4.98 Å². The van der Waals surface area contributed by atoms with Crippen LogP contribution in [-0.2, 0) is 26.7 Å². The van der Waals surface area contributed by atoms with Gasteiger partial charge in [0.2, 0.25) is 0 Å². The van der Waals surface area contributed by atoms with Crippen molar-refractivity contribution in [2.45, 2.75) is 39.5 Å². The van der Waals surface area contributed by atoms with Gasteiger partial charge in [0.05, 0.1) is 6.54 Å². The van der Waals surface area contributed by atoms with Crippen LogP contribution >= 0.6 is 11.3 Å². The Morgan fingerprint density at radius 3 is 2.70 bits per heavy atom. The molecule has 2 rings (SSSR count). The van der Waals surface area contributed by atoms with E-state index in [1.54, 1.807) is 0 Å². The van der Waals surface area contributed by atoms with Crippen LogP contribution in [0.2, 0.25) is 0 Å². The van der Waals surface area contributed by atoms with Crippen molar-refractivity contribution >= 4 is 11.3 Å². The second-order valence-electron chi connectivity index (χ2n) is 5.53. The summed E-state index contributed by atoms with van der Waals surface area (Å²) < 4.78 is 2.07. The first-order valence-corrected chi connectivity index (χ1v) is 7.82. The molecule has 0 saturated carbocycles. The first kappa shape index (κ1) is 15.2. The molecule has 0 aliphatic carbocycles. The minimum atomic E-state index is 0.534. The Bertz CT molecular complexity index is 529. The third kappa shape index (κ3) is 4.44. The molecule has 0 saturated heterocycles. The highest BCUT2D eigenvalue weighted by molar-refractivity contribution is 7.11. The van der Waals surface area contributed by atoms with Crippen LogP contribution in [0.5, 0.6) is 0 Å². The average molecular weight is 292 g/mol. The van der Waals surface area contributed by atoms with E-state index in [-0.39, 0.29) is 0 Å². The van der Waals surface area contributed by atoms with Gasteiger partial charge in [0, 0.05) is 48.3 Å². The Morgan fingerprint density at radius 1 is 1.30 bits per heavy atom. The molecule has 0 bridgehead atoms. The molecular formula is C15H24N4S. The molecule has 0 amide bonds. The number of nitrogens with zero attached hydrogens (tertiary/aromatic N) is 3. The highest BCUT2D eigenvalue weighted by Gasteiger charge is 2.07. The van der Waals surface area contributed by atoms with Gasteiger partial charge >= 0.3 is 0 Å². The summed E-state index contributed by atoms with van der Waals surface area (Å²) in [6.45, 7) is 7.16. The molecule has 2 heterocycles. The van der Waals surface area contributed by atoms with Gasteiger partial charge in [-0.15, -0.1) is 11.3 Å². The standard InChI is InChI=1S/C15H24N4S/c1-12(2)17-9-13-5-6-14(20-13)10-18(3)11-15-16-7-8-19(15)4/h5-8,12,17H,9-11H2,1-4H3. The van der Waals surface area contributed by atoms with Crippen LogP contribution in [0.4, 0.5) is 0 Å². The van der Waals surface area contributed by atoms with E-state index in [0.29, 0.717) is 6.04 Å². The fourth-order valence-corrected chi connectivity index (χ4v) is 3.07. The summed E-state index contributed by atoms with van der Waals surface area (Å²) in [5, 5.41) is 3.46. The van der Waals surface area contributed by atoms with E-state index in [9.17, 15) is 0 Å². The Hall–Kier alpha value is -1.17. The molecule has 0 aliphatic heterocycles. The molecule has 5 heteroatoms. The van der Waals surface area contributed by atoms with Crippen molar-refractivity contribution < 1.29 is 0 Å². The normalized spacial score (nSPS) is 11.7. The van der Waals surface area contributed by atoms with E-state index >= 15 is 0 Å². The summed E-state index contributed by atoms with van der Waals surface area (Å²) in [4.78, 5) is 9.47. The molecule has 0 radical (unpaired) electrons. The average Bonchev–Trinajstić information content (AvgIpc) is 2.97. The van der Waals surface area contributed by atoms with Gasteiger partial charge < -0.3 is 9.88 Å². The maximum Gasteiger partial charge on any atom is 0.122 e. The van der Waals surface area contributed by atoms with Crippen LogP contribution in [0.3, 0.4) is 0 Å². The van der Waals surface area contributed by atoms with Gasteiger partial charge in [0.15, 0.2) is 0 Å². The fraction of sp³-hybridized carbons (Fsp3) is 0.533. The molecular weight excluding hydrogens is 268 g/mol. The van der Waals surface area contributed by atoms with Crippen molar-refractivity contribution in [3.8, 4) is 0 Å². The molecule has 0 aromatic carbocycles. The third-order valence-electron chi connectivity index (χ3n) is 3.16. The molecule has 4 nitrogen and oxygen atoms in total. The van der Waals surface area contributed by atoms with Crippen LogP contribution in [0, 0.1) is 0 Å². The van der Waals surface area contributed by atoms with E-state index in [4.69, 9.17) is 0 Å². The summed E-state index contributed by atoms with van der Waals surface area (Å²) in [6, 6.07) is 4.99. The Morgan fingerprint density at radius 2 is 2.05 bits per heavy atom. The smallest absolute Gasteiger partial charge is 0.122 e. The van der Waals surface area contributed by atoms with Gasteiger partial charge in [-0.2, -0.15) is 0 Å². The molecule has 2 aromatic rings. The van der Waals surface area contributed by atoms with Gasteiger partial charge in [0.1, 0.15) is 5.82 Å². The van der Waals surface area contributed by atoms with Crippen LogP contribution in [0.25, 0.3) is 0 Å². The first-order valence-electron chi connectivity index (χ1n) is 7.00. The number of thiophene rings is 1. The van der Waals surface area contributed by atoms with Crippen LogP contribution in [-0.4, -0.2) is 27.5 Å². The SMILES string of the molecule is CC(C)NCc1ccc(CN(C)Cc2nccn2C)s1. The van der Waals surface area contributed by atoms with Crippen molar-refractivity contribution in [1.29, 1.82) is 0 Å². The molecule has 2 aromatic heterocycles. The van der Waals surface area contributed by atoms with Crippen molar-refractivity contribution in [2.24, 2.45) is 7.05 Å². The minimum absolute atomic E-state index is 0.534. The lowest BCUT2D eigenvalue weighted by Crippen LogP contribution is -2.21. The van der Waals surface area contributed by atoms with Gasteiger partial charge in [-0.3, -0.25) is 4.90 Å². The number of aromatic nitrogens is 2. The topological polar surface area (TPSA) is 33.1 Å². The van der Waals surface area contributed by atoms with Crippen molar-refractivity contribution in [3.63, 3.8) is 0 Å². The molecule has 0 spiro atoms. The minimum Gasteiger partial charge on any atom is -0.337 e. The molecule has 1 N–H and O–H groups in total. The number of nitrogens with one attached hydrogen (secondary N) is 1. The monoisotopic (exact) mass is 292 g/mol. The second-order valence-corrected chi connectivity index (χ2v) is 6.78. The first-order chi connectivity index (χ1) is 9.54. The quantitative estimate of drug-likeness (QED) is 0.851. The molecule has 110 valence electrons. The van der Waals surface area contributed by atoms with Crippen LogP contribution in [0.15, 0.2) is 24.5 Å². The highest BCUT2D eigenvalue weighted by Crippen LogP contribution is 2.18. The summed E-state index contributed by atoms with van der Waals surface area (Å²) in [7, 11) is 4.18. The van der Waals surface area contributed by atoms with Gasteiger partial charge in [-0.1, -0.05) is 13.8 Å². The third-order valence-corrected chi connectivity index (χ3v) is 4.23. The lowest BCUT2D eigenvalue weighted by molar-refractivity contribution is 0.310. The number of hydrogen-bond donors (Lipinski definition) is 1. The van der Waals surface area contributed by atoms with E-state index in [0.717, 1.165) is 25.5 Å². The summed E-state index contributed by atoms with van der Waals surface area (Å²) >= 11 is 1.89. The number of imidazole rings is 1. The fourth-order valence-electron chi connectivity index (χ4n) is 2.02. The van der Waals surface area contributed by atoms with Gasteiger partial charge in [-0.05, 0) is 19.2 Å². The molecule has 0 atom stereocenters. The molecule has 0 aliphatic rings. The Labute approximate surface area is 125 Å². The van der Waals surface area contributed by atoms with E-state index in [1.807, 2.05) is 30.8 Å². The van der Waals surface area contributed by atoms with Crippen LogP contribution in [0.1, 0.15) is 29.4 Å². The van der Waals surface area contributed by atoms with E-state index in [1.165, 1.54) is 9.75 Å². The Balaban J connectivity index is 1.85. The largest absolute Gasteiger partial charge is 0.337 e. The van der Waals surface area contributed by atoms with E-state index in [2.05, 4.69) is 52.8 Å². The summed E-state index contributed by atoms with van der Waals surface area (Å²) in [6.07, 6.45) is 3.84. The van der Waals surface area contributed by atoms with Crippen molar-refractivity contribution in [3.05, 3.63) is 40.1 Å². The summed E-state index contributed by atoms with van der Waals surface area (Å²) in [5.74, 6) is 1.10. The van der Waals surface area contributed by atoms with Crippen LogP contribution < -0.4 is 5.32 Å². The predicted molar refractivity (Wildman–Crippen MR) is 84.7 cm³/mol. The maximum atomic E-state index is 4.37. The predicted octanol–water partition coefficient (Wildman–Crippen LogP) is 2.61. The lowest BCUT2D eigenvalue weighted by atomic mass is 10.3. The van der Waals surface area contributed by atoms with Crippen molar-refractivity contribution in [2.75, 3.05) is 7.05 Å². The number of aryl methyl sites for hydroxylation is 1. The zero-order chi connectivity index (χ0) is 14.5. The maximum absolute atomic E-state index is 4.37. The second kappa shape index (κ2) is 7.02.